The molecule has 0 radical (unpaired) electrons. The van der Waals surface area contributed by atoms with Gasteiger partial charge in [0.1, 0.15) is 18.1 Å². The predicted molar refractivity (Wildman–Crippen MR) is 153 cm³/mol. The molecule has 0 aliphatic rings. The number of rotatable bonds is 11. The summed E-state index contributed by atoms with van der Waals surface area (Å²) >= 11 is 0. The first-order valence-electron chi connectivity index (χ1n) is 12.7. The molecule has 0 aliphatic carbocycles. The largest absolute Gasteiger partial charge is 0.496 e. The standard InChI is InChI=1S/C33H34O4/c1-23(15-20-31(34)35)9-8-10-24(2)21-22-37-30-19-17-26-12-5-7-14-28(26)33(30)32-27-13-6-4-11-25(27)16-18-29(32)36-3/h4-7,9,11-14,16-19,21H,8,10,15,20,22H2,1-3H3,(H,34,35). The van der Waals surface area contributed by atoms with Crippen molar-refractivity contribution >= 4 is 27.5 Å². The van der Waals surface area contributed by atoms with Gasteiger partial charge in [0.05, 0.1) is 7.11 Å². The fourth-order valence-electron chi connectivity index (χ4n) is 4.64. The number of fused-ring (bicyclic) bond motifs is 2. The first kappa shape index (κ1) is 26.0. The fraction of sp³-hybridized carbons (Fsp3) is 0.242. The zero-order valence-corrected chi connectivity index (χ0v) is 21.8. The SMILES string of the molecule is COc1ccc2ccccc2c1-c1c(OCC=C(C)CCC=C(C)CCC(=O)O)ccc2ccccc12. The average Bonchev–Trinajstić information content (AvgIpc) is 2.91. The summed E-state index contributed by atoms with van der Waals surface area (Å²) in [5.41, 5.74) is 4.44. The van der Waals surface area contributed by atoms with Gasteiger partial charge < -0.3 is 14.6 Å². The third-order valence-corrected chi connectivity index (χ3v) is 6.69. The molecule has 0 spiro atoms. The van der Waals surface area contributed by atoms with Gasteiger partial charge in [0.2, 0.25) is 0 Å². The molecule has 0 aliphatic heterocycles. The monoisotopic (exact) mass is 494 g/mol. The maximum Gasteiger partial charge on any atom is 0.303 e. The summed E-state index contributed by atoms with van der Waals surface area (Å²) in [6, 6.07) is 25.0. The number of hydrogen-bond acceptors (Lipinski definition) is 3. The van der Waals surface area contributed by atoms with Gasteiger partial charge in [-0.1, -0.05) is 77.9 Å². The molecule has 4 aromatic carbocycles. The van der Waals surface area contributed by atoms with Crippen LogP contribution in [0.5, 0.6) is 11.5 Å². The molecule has 0 aromatic heterocycles. The van der Waals surface area contributed by atoms with Gasteiger partial charge in [0, 0.05) is 17.5 Å². The molecule has 1 N–H and O–H groups in total. The minimum absolute atomic E-state index is 0.181. The first-order valence-corrected chi connectivity index (χ1v) is 12.7. The number of aliphatic carboxylic acids is 1. The van der Waals surface area contributed by atoms with Crippen molar-refractivity contribution in [2.24, 2.45) is 0 Å². The lowest BCUT2D eigenvalue weighted by molar-refractivity contribution is -0.136. The quantitative estimate of drug-likeness (QED) is 0.212. The van der Waals surface area contributed by atoms with Gasteiger partial charge in [0.25, 0.3) is 0 Å². The van der Waals surface area contributed by atoms with Crippen molar-refractivity contribution in [3.8, 4) is 22.6 Å². The lowest BCUT2D eigenvalue weighted by Crippen LogP contribution is -1.99. The Morgan fingerprint density at radius 3 is 1.92 bits per heavy atom. The maximum atomic E-state index is 10.8. The van der Waals surface area contributed by atoms with E-state index in [-0.39, 0.29) is 6.42 Å². The highest BCUT2D eigenvalue weighted by Crippen LogP contribution is 2.45. The van der Waals surface area contributed by atoms with Crippen LogP contribution in [0.15, 0.2) is 96.1 Å². The van der Waals surface area contributed by atoms with E-state index in [1.165, 1.54) is 5.57 Å². The molecule has 4 aromatic rings. The highest BCUT2D eigenvalue weighted by Gasteiger charge is 2.18. The Hall–Kier alpha value is -4.05. The summed E-state index contributed by atoms with van der Waals surface area (Å²) in [5, 5.41) is 13.4. The molecule has 4 heteroatoms. The van der Waals surface area contributed by atoms with Gasteiger partial charge in [-0.25, -0.2) is 0 Å². The Morgan fingerprint density at radius 1 is 0.730 bits per heavy atom. The van der Waals surface area contributed by atoms with E-state index in [4.69, 9.17) is 14.6 Å². The van der Waals surface area contributed by atoms with E-state index in [1.807, 2.05) is 13.0 Å². The van der Waals surface area contributed by atoms with Gasteiger partial charge in [-0.2, -0.15) is 0 Å². The van der Waals surface area contributed by atoms with Gasteiger partial charge in [0.15, 0.2) is 0 Å². The van der Waals surface area contributed by atoms with Crippen LogP contribution in [0.25, 0.3) is 32.7 Å². The Kier molecular flexibility index (Phi) is 8.63. The Labute approximate surface area is 218 Å². The lowest BCUT2D eigenvalue weighted by atomic mass is 9.92. The van der Waals surface area contributed by atoms with E-state index in [1.54, 1.807) is 7.11 Å². The summed E-state index contributed by atoms with van der Waals surface area (Å²) in [4.78, 5) is 10.8. The Balaban J connectivity index is 1.61. The van der Waals surface area contributed by atoms with Crippen molar-refractivity contribution in [2.45, 2.75) is 39.5 Å². The number of carbonyl (C=O) groups is 1. The van der Waals surface area contributed by atoms with Crippen molar-refractivity contribution < 1.29 is 19.4 Å². The van der Waals surface area contributed by atoms with E-state index in [9.17, 15) is 4.79 Å². The summed E-state index contributed by atoms with van der Waals surface area (Å²) in [6.07, 6.45) is 6.84. The van der Waals surface area contributed by atoms with Crippen molar-refractivity contribution in [1.82, 2.24) is 0 Å². The van der Waals surface area contributed by atoms with E-state index < -0.39 is 5.97 Å². The van der Waals surface area contributed by atoms with Crippen LogP contribution in [-0.2, 0) is 4.79 Å². The van der Waals surface area contributed by atoms with E-state index >= 15 is 0 Å². The second kappa shape index (κ2) is 12.3. The van der Waals surface area contributed by atoms with E-state index in [2.05, 4.69) is 85.8 Å². The molecule has 4 rings (SSSR count). The molecule has 0 unspecified atom stereocenters. The predicted octanol–water partition coefficient (Wildman–Crippen LogP) is 8.59. The number of allylic oxidation sites excluding steroid dienone is 3. The molecule has 190 valence electrons. The summed E-state index contributed by atoms with van der Waals surface area (Å²) in [5.74, 6) is 0.883. The Morgan fingerprint density at radius 2 is 1.30 bits per heavy atom. The zero-order chi connectivity index (χ0) is 26.2. The van der Waals surface area contributed by atoms with Crippen molar-refractivity contribution in [3.63, 3.8) is 0 Å². The van der Waals surface area contributed by atoms with E-state index in [0.717, 1.165) is 62.6 Å². The summed E-state index contributed by atoms with van der Waals surface area (Å²) < 4.78 is 12.2. The number of benzene rings is 4. The number of carboxylic acids is 1. The molecule has 0 saturated carbocycles. The smallest absolute Gasteiger partial charge is 0.303 e. The fourth-order valence-corrected chi connectivity index (χ4v) is 4.64. The van der Waals surface area contributed by atoms with E-state index in [0.29, 0.717) is 13.0 Å². The molecule has 0 atom stereocenters. The van der Waals surface area contributed by atoms with Gasteiger partial charge in [-0.15, -0.1) is 0 Å². The van der Waals surface area contributed by atoms with Gasteiger partial charge >= 0.3 is 5.97 Å². The molecule has 0 bridgehead atoms. The van der Waals surface area contributed by atoms with Crippen LogP contribution < -0.4 is 9.47 Å². The van der Waals surface area contributed by atoms with Gasteiger partial charge in [-0.05, 0) is 72.9 Å². The van der Waals surface area contributed by atoms with Crippen molar-refractivity contribution in [3.05, 3.63) is 96.1 Å². The highest BCUT2D eigenvalue weighted by molar-refractivity contribution is 6.09. The molecule has 0 heterocycles. The van der Waals surface area contributed by atoms with Crippen LogP contribution >= 0.6 is 0 Å². The minimum atomic E-state index is -0.754. The summed E-state index contributed by atoms with van der Waals surface area (Å²) in [6.45, 7) is 4.57. The third kappa shape index (κ3) is 6.39. The number of ether oxygens (including phenoxy) is 2. The normalized spacial score (nSPS) is 12.2. The second-order valence-electron chi connectivity index (χ2n) is 9.37. The molecular weight excluding hydrogens is 460 g/mol. The average molecular weight is 495 g/mol. The maximum absolute atomic E-state index is 10.8. The van der Waals surface area contributed by atoms with Crippen LogP contribution in [0.4, 0.5) is 0 Å². The van der Waals surface area contributed by atoms with Crippen LogP contribution in [0.1, 0.15) is 39.5 Å². The topological polar surface area (TPSA) is 55.8 Å². The molecular formula is C33H34O4. The third-order valence-electron chi connectivity index (χ3n) is 6.69. The molecule has 37 heavy (non-hydrogen) atoms. The molecule has 0 amide bonds. The van der Waals surface area contributed by atoms with Crippen molar-refractivity contribution in [1.29, 1.82) is 0 Å². The number of methoxy groups -OCH3 is 1. The molecule has 0 fully saturated rings. The molecule has 0 saturated heterocycles. The molecule has 4 nitrogen and oxygen atoms in total. The van der Waals surface area contributed by atoms with Crippen LogP contribution in [-0.4, -0.2) is 24.8 Å². The minimum Gasteiger partial charge on any atom is -0.496 e. The lowest BCUT2D eigenvalue weighted by Gasteiger charge is -2.18. The second-order valence-corrected chi connectivity index (χ2v) is 9.37. The van der Waals surface area contributed by atoms with Crippen LogP contribution in [0.2, 0.25) is 0 Å². The zero-order valence-electron chi connectivity index (χ0n) is 21.8. The number of hydrogen-bond donors (Lipinski definition) is 1. The highest BCUT2D eigenvalue weighted by atomic mass is 16.5. The van der Waals surface area contributed by atoms with Gasteiger partial charge in [-0.3, -0.25) is 4.79 Å². The summed E-state index contributed by atoms with van der Waals surface area (Å²) in [7, 11) is 1.71. The first-order chi connectivity index (χ1) is 18.0. The Bertz CT molecular complexity index is 1460. The number of carboxylic acid groups (broad SMARTS) is 1. The van der Waals surface area contributed by atoms with Crippen LogP contribution in [0.3, 0.4) is 0 Å². The van der Waals surface area contributed by atoms with Crippen LogP contribution in [0, 0.1) is 0 Å². The van der Waals surface area contributed by atoms with Crippen molar-refractivity contribution in [2.75, 3.05) is 13.7 Å².